The van der Waals surface area contributed by atoms with E-state index in [1.54, 1.807) is 31.2 Å². The van der Waals surface area contributed by atoms with Crippen molar-refractivity contribution in [1.29, 1.82) is 0 Å². The van der Waals surface area contributed by atoms with Crippen molar-refractivity contribution in [3.05, 3.63) is 90.4 Å². The van der Waals surface area contributed by atoms with Gasteiger partial charge in [-0.3, -0.25) is 20.2 Å². The average Bonchev–Trinajstić information content (AvgIpc) is 2.80. The standard InChI is InChI=1S/C22H18BrN3O8/c1-2-33-20-9-13(12-24-15-5-3-4-14(10-15)22(27)28)8-17(23)21(20)34-19-7-6-16(25(29)30)11-18(19)26(31)32/h3-11,24H,2,12H2,1H3,(H,27,28). The van der Waals surface area contributed by atoms with Crippen molar-refractivity contribution in [2.24, 2.45) is 0 Å². The van der Waals surface area contributed by atoms with Crippen LogP contribution in [0.25, 0.3) is 0 Å². The minimum absolute atomic E-state index is 0.148. The predicted octanol–water partition coefficient (Wildman–Crippen LogP) is 5.77. The zero-order valence-electron chi connectivity index (χ0n) is 17.7. The number of carboxylic acids is 1. The fraction of sp³-hybridized carbons (Fsp3) is 0.136. The van der Waals surface area contributed by atoms with Crippen LogP contribution in [0.3, 0.4) is 0 Å². The molecule has 0 radical (unpaired) electrons. The Morgan fingerprint density at radius 3 is 2.47 bits per heavy atom. The normalized spacial score (nSPS) is 10.4. The minimum atomic E-state index is -1.04. The second kappa shape index (κ2) is 10.6. The van der Waals surface area contributed by atoms with Gasteiger partial charge in [0, 0.05) is 18.3 Å². The van der Waals surface area contributed by atoms with E-state index < -0.39 is 27.2 Å². The van der Waals surface area contributed by atoms with E-state index in [2.05, 4.69) is 21.2 Å². The molecule has 2 N–H and O–H groups in total. The molecule has 0 aliphatic heterocycles. The summed E-state index contributed by atoms with van der Waals surface area (Å²) in [5, 5.41) is 34.7. The first-order valence-electron chi connectivity index (χ1n) is 9.82. The highest BCUT2D eigenvalue weighted by Gasteiger charge is 2.23. The van der Waals surface area contributed by atoms with E-state index in [1.807, 2.05) is 0 Å². The second-order valence-electron chi connectivity index (χ2n) is 6.85. The summed E-state index contributed by atoms with van der Waals surface area (Å²) in [6, 6.07) is 12.8. The Morgan fingerprint density at radius 2 is 1.82 bits per heavy atom. The summed E-state index contributed by atoms with van der Waals surface area (Å²) >= 11 is 3.39. The van der Waals surface area contributed by atoms with Crippen molar-refractivity contribution in [3.63, 3.8) is 0 Å². The molecule has 3 aromatic rings. The van der Waals surface area contributed by atoms with Gasteiger partial charge in [0.25, 0.3) is 5.69 Å². The number of hydrogen-bond donors (Lipinski definition) is 2. The summed E-state index contributed by atoms with van der Waals surface area (Å²) in [7, 11) is 0. The number of nitrogens with zero attached hydrogens (tertiary/aromatic N) is 2. The topological polar surface area (TPSA) is 154 Å². The molecular formula is C22H18BrN3O8. The lowest BCUT2D eigenvalue weighted by Crippen LogP contribution is -2.04. The van der Waals surface area contributed by atoms with E-state index in [9.17, 15) is 25.0 Å². The second-order valence-corrected chi connectivity index (χ2v) is 7.70. The maximum absolute atomic E-state index is 11.4. The van der Waals surface area contributed by atoms with Gasteiger partial charge in [0.1, 0.15) is 0 Å². The third-order valence-electron chi connectivity index (χ3n) is 4.54. The van der Waals surface area contributed by atoms with Gasteiger partial charge < -0.3 is 19.9 Å². The average molecular weight is 532 g/mol. The number of nitrogens with one attached hydrogen (secondary N) is 1. The van der Waals surface area contributed by atoms with Gasteiger partial charge in [0.15, 0.2) is 11.5 Å². The summed E-state index contributed by atoms with van der Waals surface area (Å²) in [5.74, 6) is -0.767. The van der Waals surface area contributed by atoms with E-state index in [-0.39, 0.29) is 23.7 Å². The number of halogens is 1. The molecule has 176 valence electrons. The van der Waals surface area contributed by atoms with Crippen LogP contribution in [0.5, 0.6) is 17.2 Å². The summed E-state index contributed by atoms with van der Waals surface area (Å²) in [6.45, 7) is 2.36. The van der Waals surface area contributed by atoms with Crippen LogP contribution in [0.4, 0.5) is 17.1 Å². The van der Waals surface area contributed by atoms with Gasteiger partial charge in [-0.25, -0.2) is 4.79 Å². The number of ether oxygens (including phenoxy) is 2. The molecule has 0 saturated carbocycles. The van der Waals surface area contributed by atoms with Crippen molar-refractivity contribution in [3.8, 4) is 17.2 Å². The molecule has 0 saturated heterocycles. The molecule has 0 aromatic heterocycles. The van der Waals surface area contributed by atoms with Gasteiger partial charge >= 0.3 is 11.7 Å². The van der Waals surface area contributed by atoms with Crippen molar-refractivity contribution < 1.29 is 29.2 Å². The molecule has 0 aliphatic carbocycles. The summed E-state index contributed by atoms with van der Waals surface area (Å²) in [4.78, 5) is 32.1. The van der Waals surface area contributed by atoms with E-state index in [4.69, 9.17) is 14.6 Å². The van der Waals surface area contributed by atoms with E-state index >= 15 is 0 Å². The lowest BCUT2D eigenvalue weighted by atomic mass is 10.1. The number of hydrogen-bond acceptors (Lipinski definition) is 8. The first-order chi connectivity index (χ1) is 16.2. The van der Waals surface area contributed by atoms with Gasteiger partial charge in [-0.05, 0) is 64.8 Å². The summed E-state index contributed by atoms with van der Waals surface area (Å²) < 4.78 is 11.8. The van der Waals surface area contributed by atoms with Crippen LogP contribution in [-0.4, -0.2) is 27.5 Å². The Balaban J connectivity index is 1.90. The summed E-state index contributed by atoms with van der Waals surface area (Å²) in [5.41, 5.74) is 0.510. The van der Waals surface area contributed by atoms with Gasteiger partial charge in [-0.15, -0.1) is 0 Å². The number of rotatable bonds is 10. The van der Waals surface area contributed by atoms with Crippen LogP contribution in [0, 0.1) is 20.2 Å². The molecule has 3 rings (SSSR count). The molecule has 0 bridgehead atoms. The maximum atomic E-state index is 11.4. The number of anilines is 1. The highest BCUT2D eigenvalue weighted by atomic mass is 79.9. The minimum Gasteiger partial charge on any atom is -0.490 e. The number of non-ortho nitro benzene ring substituents is 1. The van der Waals surface area contributed by atoms with Gasteiger partial charge in [0.2, 0.25) is 5.75 Å². The smallest absolute Gasteiger partial charge is 0.335 e. The van der Waals surface area contributed by atoms with Crippen molar-refractivity contribution in [2.75, 3.05) is 11.9 Å². The molecule has 34 heavy (non-hydrogen) atoms. The van der Waals surface area contributed by atoms with Crippen molar-refractivity contribution in [1.82, 2.24) is 0 Å². The quantitative estimate of drug-likeness (QED) is 0.245. The van der Waals surface area contributed by atoms with Gasteiger partial charge in [0.05, 0.1) is 32.6 Å². The number of nitro groups is 2. The van der Waals surface area contributed by atoms with Gasteiger partial charge in [-0.1, -0.05) is 6.07 Å². The first-order valence-corrected chi connectivity index (χ1v) is 10.6. The number of benzene rings is 3. The van der Waals surface area contributed by atoms with Crippen LogP contribution in [0.15, 0.2) is 59.1 Å². The number of carbonyl (C=O) groups is 1. The predicted molar refractivity (Wildman–Crippen MR) is 126 cm³/mol. The number of nitro benzene ring substituents is 2. The third kappa shape index (κ3) is 5.78. The zero-order valence-corrected chi connectivity index (χ0v) is 19.3. The van der Waals surface area contributed by atoms with Crippen LogP contribution >= 0.6 is 15.9 Å². The molecule has 0 spiro atoms. The number of carboxylic acid groups (broad SMARTS) is 1. The Morgan fingerprint density at radius 1 is 1.06 bits per heavy atom. The lowest BCUT2D eigenvalue weighted by Gasteiger charge is -2.16. The Kier molecular flexibility index (Phi) is 7.64. The molecule has 12 heteroatoms. The molecule has 3 aromatic carbocycles. The monoisotopic (exact) mass is 531 g/mol. The highest BCUT2D eigenvalue weighted by Crippen LogP contribution is 2.43. The van der Waals surface area contributed by atoms with Crippen LogP contribution in [0.1, 0.15) is 22.8 Å². The van der Waals surface area contributed by atoms with Crippen molar-refractivity contribution >= 4 is 39.0 Å². The molecule has 0 fully saturated rings. The molecule has 0 heterocycles. The largest absolute Gasteiger partial charge is 0.490 e. The zero-order chi connectivity index (χ0) is 24.8. The Labute approximate surface area is 201 Å². The molecule has 0 unspecified atom stereocenters. The Bertz CT molecular complexity index is 1260. The van der Waals surface area contributed by atoms with E-state index in [1.165, 1.54) is 12.1 Å². The lowest BCUT2D eigenvalue weighted by molar-refractivity contribution is -0.394. The fourth-order valence-electron chi connectivity index (χ4n) is 3.01. The van der Waals surface area contributed by atoms with Crippen LogP contribution in [-0.2, 0) is 6.54 Å². The van der Waals surface area contributed by atoms with Gasteiger partial charge in [-0.2, -0.15) is 0 Å². The first kappa shape index (κ1) is 24.5. The molecule has 11 nitrogen and oxygen atoms in total. The van der Waals surface area contributed by atoms with E-state index in [0.29, 0.717) is 22.5 Å². The Hall–Kier alpha value is -4.19. The van der Waals surface area contributed by atoms with Crippen molar-refractivity contribution in [2.45, 2.75) is 13.5 Å². The SMILES string of the molecule is CCOc1cc(CNc2cccc(C(=O)O)c2)cc(Br)c1Oc1ccc([N+](=O)[O-])cc1[N+](=O)[O-]. The fourth-order valence-corrected chi connectivity index (χ4v) is 3.58. The number of aromatic carboxylic acids is 1. The highest BCUT2D eigenvalue weighted by molar-refractivity contribution is 9.10. The third-order valence-corrected chi connectivity index (χ3v) is 5.13. The van der Waals surface area contributed by atoms with E-state index in [0.717, 1.165) is 23.8 Å². The van der Waals surface area contributed by atoms with Crippen LogP contribution < -0.4 is 14.8 Å². The molecule has 0 aliphatic rings. The molecule has 0 amide bonds. The maximum Gasteiger partial charge on any atom is 0.335 e. The molecular weight excluding hydrogens is 514 g/mol. The summed E-state index contributed by atoms with van der Waals surface area (Å²) in [6.07, 6.45) is 0. The molecule has 0 atom stereocenters. The van der Waals surface area contributed by atoms with Crippen LogP contribution in [0.2, 0.25) is 0 Å².